The van der Waals surface area contributed by atoms with E-state index in [0.717, 1.165) is 5.56 Å². The third-order valence-electron chi connectivity index (χ3n) is 4.64. The number of rotatable bonds is 7. The zero-order valence-electron chi connectivity index (χ0n) is 16.1. The predicted octanol–water partition coefficient (Wildman–Crippen LogP) is 1.91. The topological polar surface area (TPSA) is 112 Å². The van der Waals surface area contributed by atoms with Crippen LogP contribution in [-0.4, -0.2) is 41.8 Å². The summed E-state index contributed by atoms with van der Waals surface area (Å²) in [5.74, 6) is -0.248. The number of benzene rings is 2. The molecule has 0 saturated heterocycles. The van der Waals surface area contributed by atoms with Crippen LogP contribution in [0, 0.1) is 11.3 Å². The number of aromatic hydroxyl groups is 1. The minimum absolute atomic E-state index is 0.0305. The second-order valence-electron chi connectivity index (χ2n) is 6.44. The largest absolute Gasteiger partial charge is 0.508 e. The van der Waals surface area contributed by atoms with Crippen molar-refractivity contribution in [2.75, 3.05) is 13.7 Å². The lowest BCUT2D eigenvalue weighted by Crippen LogP contribution is -2.48. The highest BCUT2D eigenvalue weighted by molar-refractivity contribution is 6.01. The van der Waals surface area contributed by atoms with Crippen molar-refractivity contribution in [1.29, 1.82) is 5.26 Å². The van der Waals surface area contributed by atoms with Crippen molar-refractivity contribution in [2.45, 2.75) is 26.2 Å². The molecule has 2 amide bonds. The van der Waals surface area contributed by atoms with Crippen molar-refractivity contribution >= 4 is 11.8 Å². The molecule has 0 radical (unpaired) electrons. The Bertz CT molecular complexity index is 983. The zero-order valence-corrected chi connectivity index (χ0v) is 16.1. The smallest absolute Gasteiger partial charge is 0.270 e. The number of methoxy groups -OCH3 is 1. The number of carbonyl (C=O) groups excluding carboxylic acids is 2. The molecule has 1 aliphatic heterocycles. The van der Waals surface area contributed by atoms with E-state index in [0.29, 0.717) is 22.4 Å². The first-order valence-corrected chi connectivity index (χ1v) is 9.07. The van der Waals surface area contributed by atoms with Crippen molar-refractivity contribution in [3.8, 4) is 17.6 Å². The van der Waals surface area contributed by atoms with Crippen LogP contribution in [-0.2, 0) is 22.6 Å². The molecule has 0 fully saturated rings. The van der Waals surface area contributed by atoms with E-state index < -0.39 is 12.1 Å². The number of phenolic OH excluding ortho intramolecular Hbond substituents is 1. The van der Waals surface area contributed by atoms with E-state index in [-0.39, 0.29) is 31.4 Å². The van der Waals surface area contributed by atoms with Crippen LogP contribution in [0.15, 0.2) is 36.4 Å². The van der Waals surface area contributed by atoms with Crippen LogP contribution < -0.4 is 10.1 Å². The van der Waals surface area contributed by atoms with Gasteiger partial charge in [-0.15, -0.1) is 0 Å². The van der Waals surface area contributed by atoms with Gasteiger partial charge in [-0.2, -0.15) is 5.26 Å². The minimum atomic E-state index is -1.11. The van der Waals surface area contributed by atoms with Gasteiger partial charge in [0.25, 0.3) is 11.8 Å². The fourth-order valence-corrected chi connectivity index (χ4v) is 3.15. The van der Waals surface area contributed by atoms with E-state index in [1.54, 1.807) is 44.4 Å². The van der Waals surface area contributed by atoms with Crippen LogP contribution in [0.2, 0.25) is 0 Å². The lowest BCUT2D eigenvalue weighted by atomic mass is 10.1. The SMILES string of the molecule is CCO[C@@H](C(=O)NCc1ccc(C#N)cc1O)N1Cc2cc(OC)ccc2C1=O. The van der Waals surface area contributed by atoms with Crippen LogP contribution in [0.25, 0.3) is 0 Å². The summed E-state index contributed by atoms with van der Waals surface area (Å²) in [6.45, 7) is 2.24. The number of fused-ring (bicyclic) bond motifs is 1. The molecule has 2 aromatic rings. The summed E-state index contributed by atoms with van der Waals surface area (Å²) >= 11 is 0. The lowest BCUT2D eigenvalue weighted by molar-refractivity contribution is -0.143. The van der Waals surface area contributed by atoms with Crippen molar-refractivity contribution in [3.05, 3.63) is 58.7 Å². The third-order valence-corrected chi connectivity index (χ3v) is 4.64. The number of ether oxygens (including phenoxy) is 2. The van der Waals surface area contributed by atoms with Gasteiger partial charge in [-0.25, -0.2) is 0 Å². The molecular formula is C21H21N3O5. The monoisotopic (exact) mass is 395 g/mol. The van der Waals surface area contributed by atoms with Gasteiger partial charge in [0.2, 0.25) is 6.23 Å². The maximum Gasteiger partial charge on any atom is 0.270 e. The third kappa shape index (κ3) is 4.15. The van der Waals surface area contributed by atoms with E-state index in [1.165, 1.54) is 11.0 Å². The summed E-state index contributed by atoms with van der Waals surface area (Å²) in [6.07, 6.45) is -1.11. The van der Waals surface area contributed by atoms with Crippen LogP contribution in [0.1, 0.15) is 34.0 Å². The first kappa shape index (κ1) is 20.2. The number of hydrogen-bond donors (Lipinski definition) is 2. The van der Waals surface area contributed by atoms with Gasteiger partial charge in [-0.3, -0.25) is 9.59 Å². The molecule has 0 bridgehead atoms. The molecule has 0 saturated carbocycles. The number of hydrogen-bond acceptors (Lipinski definition) is 6. The Balaban J connectivity index is 1.73. The Hall–Kier alpha value is -3.57. The summed E-state index contributed by atoms with van der Waals surface area (Å²) in [7, 11) is 1.55. The molecule has 8 heteroatoms. The molecule has 0 aromatic heterocycles. The van der Waals surface area contributed by atoms with Crippen LogP contribution in [0.4, 0.5) is 0 Å². The van der Waals surface area contributed by atoms with Crippen molar-refractivity contribution in [3.63, 3.8) is 0 Å². The molecular weight excluding hydrogens is 374 g/mol. The van der Waals surface area contributed by atoms with E-state index in [4.69, 9.17) is 14.7 Å². The molecule has 1 atom stereocenters. The highest BCUT2D eigenvalue weighted by Crippen LogP contribution is 2.28. The summed E-state index contributed by atoms with van der Waals surface area (Å²) in [5, 5.41) is 21.5. The number of amides is 2. The number of carbonyl (C=O) groups is 2. The average Bonchev–Trinajstić information content (AvgIpc) is 3.06. The van der Waals surface area contributed by atoms with Crippen molar-refractivity contribution < 1.29 is 24.2 Å². The molecule has 0 unspecified atom stereocenters. The summed E-state index contributed by atoms with van der Waals surface area (Å²) in [5.41, 5.74) is 2.04. The molecule has 1 aliphatic rings. The number of nitrogens with one attached hydrogen (secondary N) is 1. The van der Waals surface area contributed by atoms with Gasteiger partial charge in [0, 0.05) is 30.8 Å². The summed E-state index contributed by atoms with van der Waals surface area (Å²) < 4.78 is 10.8. The van der Waals surface area contributed by atoms with Gasteiger partial charge in [0.15, 0.2) is 0 Å². The van der Waals surface area contributed by atoms with Gasteiger partial charge < -0.3 is 24.8 Å². The van der Waals surface area contributed by atoms with E-state index >= 15 is 0 Å². The minimum Gasteiger partial charge on any atom is -0.508 e. The quantitative estimate of drug-likeness (QED) is 0.741. The zero-order chi connectivity index (χ0) is 21.0. The van der Waals surface area contributed by atoms with Crippen molar-refractivity contribution in [1.82, 2.24) is 10.2 Å². The summed E-state index contributed by atoms with van der Waals surface area (Å²) in [4.78, 5) is 26.9. The second kappa shape index (κ2) is 8.63. The fraction of sp³-hybridized carbons (Fsp3) is 0.286. The molecule has 3 rings (SSSR count). The first-order valence-electron chi connectivity index (χ1n) is 9.07. The highest BCUT2D eigenvalue weighted by atomic mass is 16.5. The van der Waals surface area contributed by atoms with Crippen LogP contribution in [0.3, 0.4) is 0 Å². The molecule has 8 nitrogen and oxygen atoms in total. The molecule has 29 heavy (non-hydrogen) atoms. The van der Waals surface area contributed by atoms with E-state index in [9.17, 15) is 14.7 Å². The Morgan fingerprint density at radius 2 is 2.14 bits per heavy atom. The standard InChI is InChI=1S/C21H21N3O5/c1-3-29-21(19(26)23-11-14-5-4-13(10-22)8-18(14)25)24-12-15-9-16(28-2)6-7-17(15)20(24)27/h4-9,21,25H,3,11-12H2,1-2H3,(H,23,26)/t21-/m0/s1. The highest BCUT2D eigenvalue weighted by Gasteiger charge is 2.37. The van der Waals surface area contributed by atoms with Gasteiger partial charge in [-0.1, -0.05) is 6.07 Å². The van der Waals surface area contributed by atoms with Crippen LogP contribution in [0.5, 0.6) is 11.5 Å². The molecule has 2 aromatic carbocycles. The number of phenols is 1. The molecule has 1 heterocycles. The average molecular weight is 395 g/mol. The lowest BCUT2D eigenvalue weighted by Gasteiger charge is -2.26. The molecule has 2 N–H and O–H groups in total. The Morgan fingerprint density at radius 1 is 1.34 bits per heavy atom. The Labute approximate surface area is 168 Å². The fourth-order valence-electron chi connectivity index (χ4n) is 3.15. The maximum atomic E-state index is 12.8. The molecule has 0 spiro atoms. The second-order valence-corrected chi connectivity index (χ2v) is 6.44. The van der Waals surface area contributed by atoms with Crippen molar-refractivity contribution in [2.24, 2.45) is 0 Å². The normalized spacial score (nSPS) is 13.6. The summed E-state index contributed by atoms with van der Waals surface area (Å²) in [6, 6.07) is 11.5. The number of nitriles is 1. The molecule has 150 valence electrons. The van der Waals surface area contributed by atoms with Gasteiger partial charge in [0.1, 0.15) is 11.5 Å². The van der Waals surface area contributed by atoms with Gasteiger partial charge >= 0.3 is 0 Å². The Morgan fingerprint density at radius 3 is 2.79 bits per heavy atom. The number of nitrogens with zero attached hydrogens (tertiary/aromatic N) is 2. The van der Waals surface area contributed by atoms with Crippen LogP contribution >= 0.6 is 0 Å². The van der Waals surface area contributed by atoms with E-state index in [1.807, 2.05) is 6.07 Å². The predicted molar refractivity (Wildman–Crippen MR) is 103 cm³/mol. The maximum absolute atomic E-state index is 12.8. The van der Waals surface area contributed by atoms with E-state index in [2.05, 4.69) is 5.32 Å². The Kier molecular flexibility index (Phi) is 6.00. The van der Waals surface area contributed by atoms with Gasteiger partial charge in [0.05, 0.1) is 18.7 Å². The van der Waals surface area contributed by atoms with Gasteiger partial charge in [-0.05, 0) is 42.8 Å². The molecule has 0 aliphatic carbocycles. The first-order chi connectivity index (χ1) is 14.0.